The Morgan fingerprint density at radius 3 is 2.35 bits per heavy atom. The van der Waals surface area contributed by atoms with Gasteiger partial charge in [0.05, 0.1) is 24.1 Å². The molecule has 3 N–H and O–H groups in total. The van der Waals surface area contributed by atoms with Gasteiger partial charge in [-0.1, -0.05) is 12.1 Å². The van der Waals surface area contributed by atoms with Gasteiger partial charge in [-0.2, -0.15) is 4.41 Å². The van der Waals surface area contributed by atoms with Crippen molar-refractivity contribution < 1.29 is 41.5 Å². The molecule has 4 aromatic rings. The van der Waals surface area contributed by atoms with E-state index in [1.807, 2.05) is 0 Å². The van der Waals surface area contributed by atoms with Crippen LogP contribution in [0, 0.1) is 5.82 Å². The van der Waals surface area contributed by atoms with Crippen molar-refractivity contribution in [1.82, 2.24) is 15.6 Å². The number of aryl methyl sites for hydroxylation is 1. The second kappa shape index (κ2) is 14.5. The lowest BCUT2D eigenvalue weighted by Gasteiger charge is -2.35. The van der Waals surface area contributed by atoms with Crippen LogP contribution in [-0.4, -0.2) is 68.6 Å². The Morgan fingerprint density at radius 2 is 1.73 bits per heavy atom. The van der Waals surface area contributed by atoms with Gasteiger partial charge in [0.15, 0.2) is 0 Å². The number of sulfonamides is 1. The van der Waals surface area contributed by atoms with Gasteiger partial charge in [-0.15, -0.1) is 0 Å². The SMILES string of the molecule is CCN(C(=O)CNC(=O)c1cccc(CCCC(=O)O)c1)N(c1cc2oc(-c3ccc(F)cc3)c(C(=O)NC)c2cc1C1CC1)S(C)(=O)=O. The third kappa shape index (κ3) is 7.91. The van der Waals surface area contributed by atoms with Crippen LogP contribution in [0.2, 0.25) is 0 Å². The first-order valence-electron chi connectivity index (χ1n) is 15.8. The lowest BCUT2D eigenvalue weighted by molar-refractivity contribution is -0.137. The van der Waals surface area contributed by atoms with Gasteiger partial charge in [0.25, 0.3) is 17.7 Å². The highest BCUT2D eigenvalue weighted by Crippen LogP contribution is 2.48. The summed E-state index contributed by atoms with van der Waals surface area (Å²) in [4.78, 5) is 50.6. The number of carbonyl (C=O) groups excluding carboxylic acids is 3. The molecule has 1 aliphatic rings. The first-order chi connectivity index (χ1) is 23.3. The molecule has 0 aliphatic heterocycles. The maximum atomic E-state index is 13.7. The van der Waals surface area contributed by atoms with E-state index >= 15 is 0 Å². The van der Waals surface area contributed by atoms with Gasteiger partial charge >= 0.3 is 5.97 Å². The summed E-state index contributed by atoms with van der Waals surface area (Å²) in [6.07, 6.45) is 3.35. The molecule has 258 valence electrons. The molecule has 1 heterocycles. The van der Waals surface area contributed by atoms with E-state index in [0.717, 1.165) is 34.1 Å². The minimum atomic E-state index is -4.14. The van der Waals surface area contributed by atoms with Gasteiger partial charge < -0.3 is 20.2 Å². The topological polar surface area (TPSA) is 166 Å². The number of furan rings is 1. The number of likely N-dealkylation sites (N-methyl/N-ethyl adjacent to an activating group) is 1. The lowest BCUT2D eigenvalue weighted by atomic mass is 10.0. The van der Waals surface area contributed by atoms with Gasteiger partial charge in [0, 0.05) is 42.6 Å². The summed E-state index contributed by atoms with van der Waals surface area (Å²) in [5.41, 5.74) is 2.65. The predicted molar refractivity (Wildman–Crippen MR) is 181 cm³/mol. The van der Waals surface area contributed by atoms with E-state index in [9.17, 15) is 32.0 Å². The Kier molecular flexibility index (Phi) is 10.4. The average Bonchev–Trinajstić information content (AvgIpc) is 3.85. The molecule has 0 spiro atoms. The molecule has 5 rings (SSSR count). The minimum Gasteiger partial charge on any atom is -0.481 e. The van der Waals surface area contributed by atoms with Crippen LogP contribution in [0.5, 0.6) is 0 Å². The molecule has 0 unspecified atom stereocenters. The molecule has 12 nitrogen and oxygen atoms in total. The van der Waals surface area contributed by atoms with Crippen LogP contribution in [0.3, 0.4) is 0 Å². The highest BCUT2D eigenvalue weighted by molar-refractivity contribution is 7.92. The largest absolute Gasteiger partial charge is 0.481 e. The Bertz CT molecular complexity index is 2020. The van der Waals surface area contributed by atoms with Crippen molar-refractivity contribution >= 4 is 50.4 Å². The fourth-order valence-electron chi connectivity index (χ4n) is 5.75. The van der Waals surface area contributed by atoms with Crippen LogP contribution in [0.4, 0.5) is 10.1 Å². The quantitative estimate of drug-likeness (QED) is 0.158. The number of amides is 3. The number of hydrazine groups is 1. The van der Waals surface area contributed by atoms with Crippen LogP contribution in [0.1, 0.15) is 70.4 Å². The normalized spacial score (nSPS) is 12.8. The molecule has 3 amide bonds. The zero-order valence-electron chi connectivity index (χ0n) is 27.3. The Labute approximate surface area is 282 Å². The van der Waals surface area contributed by atoms with Crippen LogP contribution in [0.25, 0.3) is 22.3 Å². The number of halogens is 1. The van der Waals surface area contributed by atoms with Crippen molar-refractivity contribution in [1.29, 1.82) is 0 Å². The summed E-state index contributed by atoms with van der Waals surface area (Å²) >= 11 is 0. The number of hydrogen-bond acceptors (Lipinski definition) is 7. The maximum absolute atomic E-state index is 13.7. The van der Waals surface area contributed by atoms with Crippen molar-refractivity contribution in [2.24, 2.45) is 0 Å². The molecule has 0 radical (unpaired) electrons. The molecule has 14 heteroatoms. The van der Waals surface area contributed by atoms with Crippen LogP contribution < -0.4 is 15.0 Å². The molecular formula is C35H37FN4O8S. The van der Waals surface area contributed by atoms with Gasteiger partial charge in [-0.3, -0.25) is 19.2 Å². The van der Waals surface area contributed by atoms with E-state index in [-0.39, 0.29) is 47.0 Å². The number of rotatable bonds is 14. The zero-order chi connectivity index (χ0) is 35.5. The minimum absolute atomic E-state index is 0.00538. The van der Waals surface area contributed by atoms with E-state index in [4.69, 9.17) is 9.52 Å². The number of nitrogens with one attached hydrogen (secondary N) is 2. The molecule has 1 aliphatic carbocycles. The highest BCUT2D eigenvalue weighted by atomic mass is 32.2. The van der Waals surface area contributed by atoms with E-state index in [1.54, 1.807) is 37.3 Å². The predicted octanol–water partition coefficient (Wildman–Crippen LogP) is 4.84. The van der Waals surface area contributed by atoms with E-state index in [1.165, 1.54) is 37.4 Å². The fraction of sp³-hybridized carbons (Fsp3) is 0.314. The highest BCUT2D eigenvalue weighted by Gasteiger charge is 2.36. The Morgan fingerprint density at radius 1 is 1.02 bits per heavy atom. The number of carboxylic acid groups (broad SMARTS) is 1. The standard InChI is InChI=1S/C35H37FN4O8S/c1-4-39(30(41)20-38-34(44)24-9-5-7-21(17-24)8-6-10-31(42)43)40(49(3,46)47)28-19-29-27(18-26(28)22-11-12-22)32(35(45)37-2)33(48-29)23-13-15-25(36)16-14-23/h5,7,9,13-19,22H,4,6,8,10-12,20H2,1-3H3,(H,37,45)(H,38,44)(H,42,43). The number of carbonyl (C=O) groups is 4. The van der Waals surface area contributed by atoms with Gasteiger partial charge in [-0.25, -0.2) is 17.8 Å². The van der Waals surface area contributed by atoms with Gasteiger partial charge in [0.1, 0.15) is 17.2 Å². The van der Waals surface area contributed by atoms with Crippen molar-refractivity contribution in [2.45, 2.75) is 44.9 Å². The number of fused-ring (bicyclic) bond motifs is 1. The first-order valence-corrected chi connectivity index (χ1v) is 17.6. The summed E-state index contributed by atoms with van der Waals surface area (Å²) < 4.78 is 47.7. The third-order valence-corrected chi connectivity index (χ3v) is 9.21. The van der Waals surface area contributed by atoms with Gasteiger partial charge in [-0.05, 0) is 92.1 Å². The van der Waals surface area contributed by atoms with Crippen molar-refractivity contribution in [3.63, 3.8) is 0 Å². The first kappa shape index (κ1) is 35.1. The van der Waals surface area contributed by atoms with E-state index in [0.29, 0.717) is 29.4 Å². The molecule has 0 saturated heterocycles. The van der Waals surface area contributed by atoms with E-state index < -0.39 is 46.1 Å². The molecule has 1 aromatic heterocycles. The number of anilines is 1. The Hall–Kier alpha value is -5.24. The van der Waals surface area contributed by atoms with Crippen molar-refractivity contribution in [3.8, 4) is 11.3 Å². The summed E-state index contributed by atoms with van der Waals surface area (Å²) in [5, 5.41) is 15.5. The van der Waals surface area contributed by atoms with Crippen molar-refractivity contribution in [3.05, 3.63) is 88.7 Å². The number of carboxylic acids is 1. The molecule has 1 fully saturated rings. The number of hydrogen-bond donors (Lipinski definition) is 3. The zero-order valence-corrected chi connectivity index (χ0v) is 28.1. The van der Waals surface area contributed by atoms with Crippen LogP contribution in [-0.2, 0) is 26.0 Å². The summed E-state index contributed by atoms with van der Waals surface area (Å²) in [6.45, 7) is 1.03. The van der Waals surface area contributed by atoms with Gasteiger partial charge in [0.2, 0.25) is 10.0 Å². The molecule has 1 saturated carbocycles. The molecule has 3 aromatic carbocycles. The average molecular weight is 693 g/mol. The monoisotopic (exact) mass is 692 g/mol. The molecule has 0 bridgehead atoms. The summed E-state index contributed by atoms with van der Waals surface area (Å²) in [7, 11) is -2.67. The van der Waals surface area contributed by atoms with Crippen molar-refractivity contribution in [2.75, 3.05) is 30.8 Å². The third-order valence-electron chi connectivity index (χ3n) is 8.19. The number of nitrogens with zero attached hydrogens (tertiary/aromatic N) is 2. The molecule has 0 atom stereocenters. The van der Waals surface area contributed by atoms with E-state index in [2.05, 4.69) is 10.6 Å². The second-order valence-electron chi connectivity index (χ2n) is 11.8. The Balaban J connectivity index is 1.48. The molecular weight excluding hydrogens is 655 g/mol. The number of aliphatic carboxylic acids is 1. The summed E-state index contributed by atoms with van der Waals surface area (Å²) in [6, 6.07) is 15.3. The fourth-order valence-corrected chi connectivity index (χ4v) is 6.83. The van der Waals surface area contributed by atoms with Crippen LogP contribution >= 0.6 is 0 Å². The second-order valence-corrected chi connectivity index (χ2v) is 13.6. The number of benzene rings is 3. The lowest BCUT2D eigenvalue weighted by Crippen LogP contribution is -2.52. The smallest absolute Gasteiger partial charge is 0.303 e. The molecule has 49 heavy (non-hydrogen) atoms. The maximum Gasteiger partial charge on any atom is 0.303 e. The summed E-state index contributed by atoms with van der Waals surface area (Å²) in [5.74, 6) is -2.94. The van der Waals surface area contributed by atoms with Crippen LogP contribution in [0.15, 0.2) is 65.1 Å².